The number of benzene rings is 2. The normalized spacial score (nSPS) is 14.9. The number of amides is 1. The minimum absolute atomic E-state index is 0.136. The first kappa shape index (κ1) is 22.3. The summed E-state index contributed by atoms with van der Waals surface area (Å²) in [5, 5.41) is 5.30. The molecule has 1 amide bonds. The van der Waals surface area contributed by atoms with Gasteiger partial charge in [-0.05, 0) is 43.3 Å². The van der Waals surface area contributed by atoms with Gasteiger partial charge in [0.25, 0.3) is 5.91 Å². The van der Waals surface area contributed by atoms with Crippen LogP contribution in [0.3, 0.4) is 0 Å². The van der Waals surface area contributed by atoms with Crippen LogP contribution in [-0.4, -0.2) is 38.1 Å². The first-order chi connectivity index (χ1) is 15.5. The summed E-state index contributed by atoms with van der Waals surface area (Å²) in [6.07, 6.45) is 5.39. The SMILES string of the molecule is C=CCN1C(=O)/C(=C/c2cn(-c3ccccc3)nc2-c2ccc(OCC)c(Cl)c2)SC1=S. The Morgan fingerprint density at radius 1 is 1.25 bits per heavy atom. The minimum Gasteiger partial charge on any atom is -0.492 e. The number of hydrogen-bond donors (Lipinski definition) is 0. The Morgan fingerprint density at radius 2 is 2.03 bits per heavy atom. The zero-order valence-electron chi connectivity index (χ0n) is 17.3. The highest BCUT2D eigenvalue weighted by Crippen LogP contribution is 2.36. The maximum Gasteiger partial charge on any atom is 0.266 e. The van der Waals surface area contributed by atoms with Crippen molar-refractivity contribution < 1.29 is 9.53 Å². The van der Waals surface area contributed by atoms with Crippen LogP contribution in [0.2, 0.25) is 5.02 Å². The van der Waals surface area contributed by atoms with Crippen molar-refractivity contribution in [1.82, 2.24) is 14.7 Å². The molecule has 0 radical (unpaired) electrons. The summed E-state index contributed by atoms with van der Waals surface area (Å²) >= 11 is 13.1. The van der Waals surface area contributed by atoms with Crippen molar-refractivity contribution in [3.8, 4) is 22.7 Å². The molecular weight excluding hydrogens is 462 g/mol. The van der Waals surface area contributed by atoms with Crippen LogP contribution in [-0.2, 0) is 4.79 Å². The molecular formula is C24H20ClN3O2S2. The summed E-state index contributed by atoms with van der Waals surface area (Å²) in [6.45, 7) is 6.52. The summed E-state index contributed by atoms with van der Waals surface area (Å²) in [5.41, 5.74) is 3.21. The molecule has 0 aliphatic carbocycles. The molecule has 4 rings (SSSR count). The fourth-order valence-corrected chi connectivity index (χ4v) is 4.78. The quantitative estimate of drug-likeness (QED) is 0.236. The lowest BCUT2D eigenvalue weighted by Gasteiger charge is -2.10. The molecule has 0 atom stereocenters. The monoisotopic (exact) mass is 481 g/mol. The van der Waals surface area contributed by atoms with Gasteiger partial charge in [0.2, 0.25) is 0 Å². The molecule has 2 aromatic carbocycles. The van der Waals surface area contributed by atoms with E-state index in [1.165, 1.54) is 16.7 Å². The van der Waals surface area contributed by atoms with Crippen molar-refractivity contribution in [3.63, 3.8) is 0 Å². The van der Waals surface area contributed by atoms with E-state index in [4.69, 9.17) is 33.7 Å². The molecule has 3 aromatic rings. The number of nitrogens with zero attached hydrogens (tertiary/aromatic N) is 3. The Kier molecular flexibility index (Phi) is 6.79. The van der Waals surface area contributed by atoms with Crippen molar-refractivity contribution in [2.45, 2.75) is 6.92 Å². The average molecular weight is 482 g/mol. The van der Waals surface area contributed by atoms with Gasteiger partial charge in [0.15, 0.2) is 0 Å². The molecule has 5 nitrogen and oxygen atoms in total. The minimum atomic E-state index is -0.136. The summed E-state index contributed by atoms with van der Waals surface area (Å²) in [4.78, 5) is 14.9. The van der Waals surface area contributed by atoms with E-state index in [2.05, 4.69) is 6.58 Å². The van der Waals surface area contributed by atoms with Crippen molar-refractivity contribution in [2.24, 2.45) is 0 Å². The summed E-state index contributed by atoms with van der Waals surface area (Å²) < 4.78 is 7.86. The number of para-hydroxylation sites is 1. The van der Waals surface area contributed by atoms with Crippen LogP contribution >= 0.6 is 35.6 Å². The van der Waals surface area contributed by atoms with Crippen LogP contribution in [0.25, 0.3) is 23.0 Å². The van der Waals surface area contributed by atoms with Gasteiger partial charge >= 0.3 is 0 Å². The first-order valence-electron chi connectivity index (χ1n) is 9.96. The highest BCUT2D eigenvalue weighted by molar-refractivity contribution is 8.26. The topological polar surface area (TPSA) is 47.4 Å². The number of carbonyl (C=O) groups excluding carboxylic acids is 1. The predicted molar refractivity (Wildman–Crippen MR) is 135 cm³/mol. The van der Waals surface area contributed by atoms with E-state index in [1.54, 1.807) is 10.8 Å². The van der Waals surface area contributed by atoms with Gasteiger partial charge in [0.05, 0.1) is 22.2 Å². The predicted octanol–water partition coefficient (Wildman–Crippen LogP) is 5.98. The van der Waals surface area contributed by atoms with Gasteiger partial charge in [-0.3, -0.25) is 9.69 Å². The molecule has 2 heterocycles. The number of carbonyl (C=O) groups is 1. The van der Waals surface area contributed by atoms with Gasteiger partial charge in [-0.2, -0.15) is 5.10 Å². The smallest absolute Gasteiger partial charge is 0.266 e. The van der Waals surface area contributed by atoms with Gasteiger partial charge < -0.3 is 4.74 Å². The van der Waals surface area contributed by atoms with E-state index in [9.17, 15) is 4.79 Å². The number of thiocarbonyl (C=S) groups is 1. The lowest BCUT2D eigenvalue weighted by molar-refractivity contribution is -0.121. The number of thioether (sulfide) groups is 1. The third kappa shape index (κ3) is 4.50. The molecule has 0 unspecified atom stereocenters. The largest absolute Gasteiger partial charge is 0.492 e. The molecule has 0 saturated carbocycles. The maximum atomic E-state index is 12.8. The summed E-state index contributed by atoms with van der Waals surface area (Å²) in [6, 6.07) is 15.3. The zero-order chi connectivity index (χ0) is 22.7. The standard InChI is InChI=1S/C24H20ClN3O2S2/c1-3-12-27-23(29)21(32-24(27)31)14-17-15-28(18-8-6-5-7-9-18)26-22(17)16-10-11-20(30-4-2)19(25)13-16/h3,5-11,13-15H,1,4,12H2,2H3/b21-14-. The summed E-state index contributed by atoms with van der Waals surface area (Å²) in [5.74, 6) is 0.482. The Labute approximate surface area is 201 Å². The fraction of sp³-hybridized carbons (Fsp3) is 0.125. The lowest BCUT2D eigenvalue weighted by atomic mass is 10.1. The second-order valence-corrected chi connectivity index (χ2v) is 8.96. The fourth-order valence-electron chi connectivity index (χ4n) is 3.28. The van der Waals surface area contributed by atoms with Crippen LogP contribution in [0.1, 0.15) is 12.5 Å². The van der Waals surface area contributed by atoms with Crippen molar-refractivity contribution >= 4 is 51.9 Å². The number of ether oxygens (including phenoxy) is 1. The molecule has 0 N–H and O–H groups in total. The third-order valence-corrected chi connectivity index (χ3v) is 6.41. The maximum absolute atomic E-state index is 12.8. The Balaban J connectivity index is 1.80. The van der Waals surface area contributed by atoms with Gasteiger partial charge in [0.1, 0.15) is 15.8 Å². The van der Waals surface area contributed by atoms with E-state index < -0.39 is 0 Å². The van der Waals surface area contributed by atoms with Gasteiger partial charge in [-0.15, -0.1) is 6.58 Å². The molecule has 1 aliphatic heterocycles. The molecule has 162 valence electrons. The highest BCUT2D eigenvalue weighted by Gasteiger charge is 2.31. The third-order valence-electron chi connectivity index (χ3n) is 4.74. The number of hydrogen-bond acceptors (Lipinski definition) is 5. The van der Waals surface area contributed by atoms with Crippen molar-refractivity contribution in [2.75, 3.05) is 13.2 Å². The Hall–Kier alpha value is -2.87. The molecule has 0 spiro atoms. The van der Waals surface area contributed by atoms with Gasteiger partial charge in [-0.25, -0.2) is 4.68 Å². The molecule has 1 aromatic heterocycles. The number of aromatic nitrogens is 2. The van der Waals surface area contributed by atoms with Crippen LogP contribution in [0.5, 0.6) is 5.75 Å². The first-order valence-corrected chi connectivity index (χ1v) is 11.6. The van der Waals surface area contributed by atoms with Crippen LogP contribution in [0.4, 0.5) is 0 Å². The highest BCUT2D eigenvalue weighted by atomic mass is 35.5. The van der Waals surface area contributed by atoms with Gasteiger partial charge in [0, 0.05) is 23.9 Å². The van der Waals surface area contributed by atoms with Crippen LogP contribution < -0.4 is 4.74 Å². The van der Waals surface area contributed by atoms with E-state index >= 15 is 0 Å². The van der Waals surface area contributed by atoms with E-state index in [0.717, 1.165) is 16.8 Å². The lowest BCUT2D eigenvalue weighted by Crippen LogP contribution is -2.27. The Morgan fingerprint density at radius 3 is 2.72 bits per heavy atom. The molecule has 1 fully saturated rings. The molecule has 0 bridgehead atoms. The average Bonchev–Trinajstić information content (AvgIpc) is 3.33. The number of halogens is 1. The number of rotatable bonds is 7. The second-order valence-electron chi connectivity index (χ2n) is 6.87. The molecule has 8 heteroatoms. The summed E-state index contributed by atoms with van der Waals surface area (Å²) in [7, 11) is 0. The van der Waals surface area contributed by atoms with Crippen molar-refractivity contribution in [1.29, 1.82) is 0 Å². The van der Waals surface area contributed by atoms with Crippen LogP contribution in [0, 0.1) is 0 Å². The van der Waals surface area contributed by atoms with Crippen LogP contribution in [0.15, 0.2) is 72.3 Å². The van der Waals surface area contributed by atoms with E-state index in [1.807, 2.05) is 67.7 Å². The second kappa shape index (κ2) is 9.73. The van der Waals surface area contributed by atoms with E-state index in [0.29, 0.717) is 38.8 Å². The molecule has 1 aliphatic rings. The van der Waals surface area contributed by atoms with Gasteiger partial charge in [-0.1, -0.05) is 59.9 Å². The van der Waals surface area contributed by atoms with Crippen molar-refractivity contribution in [3.05, 3.63) is 82.9 Å². The Bertz CT molecular complexity index is 1220. The molecule has 1 saturated heterocycles. The zero-order valence-corrected chi connectivity index (χ0v) is 19.7. The van der Waals surface area contributed by atoms with E-state index in [-0.39, 0.29) is 5.91 Å². The molecule has 32 heavy (non-hydrogen) atoms.